The number of benzene rings is 2. The SMILES string of the molecule is CC(C)(C)OC(=O)N1CCN(C(=O)OCc2ccccc2)C(C(=O)NC2(Cc3ccccc3)CC2)C1. The van der Waals surface area contributed by atoms with Gasteiger partial charge in [-0.1, -0.05) is 60.7 Å². The molecule has 2 aliphatic rings. The van der Waals surface area contributed by atoms with Gasteiger partial charge in [-0.25, -0.2) is 9.59 Å². The Bertz CT molecular complexity index is 1060. The lowest BCUT2D eigenvalue weighted by atomic mass is 10.0. The Hall–Kier alpha value is -3.55. The van der Waals surface area contributed by atoms with Gasteiger partial charge in [0, 0.05) is 18.6 Å². The minimum atomic E-state index is -0.872. The summed E-state index contributed by atoms with van der Waals surface area (Å²) in [5, 5.41) is 3.18. The summed E-state index contributed by atoms with van der Waals surface area (Å²) in [6.45, 7) is 5.98. The van der Waals surface area contributed by atoms with Crippen molar-refractivity contribution in [3.8, 4) is 0 Å². The van der Waals surface area contributed by atoms with Crippen molar-refractivity contribution < 1.29 is 23.9 Å². The van der Waals surface area contributed by atoms with Crippen LogP contribution in [0.4, 0.5) is 9.59 Å². The molecule has 1 aliphatic heterocycles. The summed E-state index contributed by atoms with van der Waals surface area (Å²) in [4.78, 5) is 42.3. The largest absolute Gasteiger partial charge is 0.445 e. The Morgan fingerprint density at radius 2 is 1.53 bits per heavy atom. The zero-order chi connectivity index (χ0) is 25.8. The van der Waals surface area contributed by atoms with E-state index < -0.39 is 23.8 Å². The predicted molar refractivity (Wildman–Crippen MR) is 135 cm³/mol. The Balaban J connectivity index is 1.46. The van der Waals surface area contributed by atoms with Crippen LogP contribution in [0, 0.1) is 0 Å². The number of ether oxygens (including phenoxy) is 2. The summed E-state index contributed by atoms with van der Waals surface area (Å²) in [6.07, 6.45) is 1.39. The average molecular weight is 494 g/mol. The molecule has 1 saturated heterocycles. The van der Waals surface area contributed by atoms with E-state index in [1.165, 1.54) is 9.80 Å². The first kappa shape index (κ1) is 25.5. The summed E-state index contributed by atoms with van der Waals surface area (Å²) in [7, 11) is 0. The van der Waals surface area contributed by atoms with Gasteiger partial charge < -0.3 is 19.7 Å². The molecule has 2 aromatic rings. The Morgan fingerprint density at radius 3 is 2.11 bits per heavy atom. The van der Waals surface area contributed by atoms with Crippen molar-refractivity contribution in [1.29, 1.82) is 0 Å². The Morgan fingerprint density at radius 1 is 0.917 bits per heavy atom. The van der Waals surface area contributed by atoms with Gasteiger partial charge in [-0.05, 0) is 51.2 Å². The quantitative estimate of drug-likeness (QED) is 0.654. The van der Waals surface area contributed by atoms with Gasteiger partial charge in [0.2, 0.25) is 5.91 Å². The van der Waals surface area contributed by atoms with Gasteiger partial charge in [0.05, 0.1) is 6.54 Å². The van der Waals surface area contributed by atoms with Crippen LogP contribution in [0.3, 0.4) is 0 Å². The van der Waals surface area contributed by atoms with Crippen molar-refractivity contribution in [1.82, 2.24) is 15.1 Å². The molecular formula is C28H35N3O5. The fourth-order valence-corrected chi connectivity index (χ4v) is 4.35. The summed E-state index contributed by atoms with van der Waals surface area (Å²) >= 11 is 0. The van der Waals surface area contributed by atoms with Crippen LogP contribution in [-0.4, -0.2) is 64.7 Å². The van der Waals surface area contributed by atoms with Crippen molar-refractivity contribution in [2.75, 3.05) is 19.6 Å². The van der Waals surface area contributed by atoms with Gasteiger partial charge >= 0.3 is 12.2 Å². The van der Waals surface area contributed by atoms with Crippen LogP contribution < -0.4 is 5.32 Å². The van der Waals surface area contributed by atoms with E-state index in [1.807, 2.05) is 60.7 Å². The summed E-state index contributed by atoms with van der Waals surface area (Å²) < 4.78 is 11.1. The van der Waals surface area contributed by atoms with Crippen molar-refractivity contribution in [3.63, 3.8) is 0 Å². The van der Waals surface area contributed by atoms with Crippen LogP contribution in [0.25, 0.3) is 0 Å². The molecule has 0 spiro atoms. The van der Waals surface area contributed by atoms with Crippen molar-refractivity contribution in [3.05, 3.63) is 71.8 Å². The lowest BCUT2D eigenvalue weighted by Gasteiger charge is -2.40. The molecule has 1 saturated carbocycles. The maximum atomic E-state index is 13.5. The Kier molecular flexibility index (Phi) is 7.52. The number of amides is 3. The monoisotopic (exact) mass is 493 g/mol. The molecule has 192 valence electrons. The third-order valence-corrected chi connectivity index (χ3v) is 6.40. The third kappa shape index (κ3) is 6.77. The number of hydrogen-bond donors (Lipinski definition) is 1. The van der Waals surface area contributed by atoms with Crippen molar-refractivity contribution >= 4 is 18.1 Å². The average Bonchev–Trinajstić information content (AvgIpc) is 3.60. The first-order valence-electron chi connectivity index (χ1n) is 12.5. The van der Waals surface area contributed by atoms with E-state index in [0.717, 1.165) is 30.4 Å². The highest BCUT2D eigenvalue weighted by molar-refractivity contribution is 5.87. The van der Waals surface area contributed by atoms with Gasteiger partial charge in [0.25, 0.3) is 0 Å². The fourth-order valence-electron chi connectivity index (χ4n) is 4.35. The summed E-state index contributed by atoms with van der Waals surface area (Å²) in [5.74, 6) is -0.284. The standard InChI is InChI=1S/C28H35N3O5/c1-27(2,3)36-25(33)30-16-17-31(26(34)35-20-22-12-8-5-9-13-22)23(19-30)24(32)29-28(14-15-28)18-21-10-6-4-7-11-21/h4-13,23H,14-20H2,1-3H3,(H,29,32). The van der Waals surface area contributed by atoms with E-state index in [0.29, 0.717) is 0 Å². The molecule has 2 fully saturated rings. The van der Waals surface area contributed by atoms with Gasteiger partial charge in [0.1, 0.15) is 18.2 Å². The molecule has 8 nitrogen and oxygen atoms in total. The first-order valence-corrected chi connectivity index (χ1v) is 12.5. The maximum Gasteiger partial charge on any atom is 0.410 e. The summed E-state index contributed by atoms with van der Waals surface area (Å²) in [5.41, 5.74) is 1.02. The molecule has 8 heteroatoms. The second-order valence-corrected chi connectivity index (χ2v) is 10.6. The third-order valence-electron chi connectivity index (χ3n) is 6.40. The maximum absolute atomic E-state index is 13.5. The fraction of sp³-hybridized carbons (Fsp3) is 0.464. The van der Waals surface area contributed by atoms with Gasteiger partial charge in [-0.2, -0.15) is 0 Å². The number of carbonyl (C=O) groups excluding carboxylic acids is 3. The number of rotatable bonds is 6. The van der Waals surface area contributed by atoms with Crippen LogP contribution >= 0.6 is 0 Å². The second-order valence-electron chi connectivity index (χ2n) is 10.6. The van der Waals surface area contributed by atoms with E-state index in [2.05, 4.69) is 5.32 Å². The molecule has 3 amide bonds. The normalized spacial score (nSPS) is 18.8. The minimum absolute atomic E-state index is 0.0442. The number of nitrogens with one attached hydrogen (secondary N) is 1. The lowest BCUT2D eigenvalue weighted by Crippen LogP contribution is -2.63. The molecule has 0 bridgehead atoms. The van der Waals surface area contributed by atoms with E-state index in [9.17, 15) is 14.4 Å². The predicted octanol–water partition coefficient (Wildman–Crippen LogP) is 4.14. The molecule has 1 heterocycles. The second kappa shape index (κ2) is 10.6. The highest BCUT2D eigenvalue weighted by atomic mass is 16.6. The molecule has 1 aliphatic carbocycles. The molecule has 4 rings (SSSR count). The van der Waals surface area contributed by atoms with E-state index in [4.69, 9.17) is 9.47 Å². The molecule has 1 N–H and O–H groups in total. The lowest BCUT2D eigenvalue weighted by molar-refractivity contribution is -0.129. The Labute approximate surface area is 212 Å². The van der Waals surface area contributed by atoms with Crippen LogP contribution in [0.15, 0.2) is 60.7 Å². The van der Waals surface area contributed by atoms with Gasteiger partial charge in [-0.15, -0.1) is 0 Å². The van der Waals surface area contributed by atoms with Crippen LogP contribution in [0.2, 0.25) is 0 Å². The van der Waals surface area contributed by atoms with E-state index in [1.54, 1.807) is 20.8 Å². The van der Waals surface area contributed by atoms with Gasteiger partial charge in [0.15, 0.2) is 0 Å². The molecule has 1 atom stereocenters. The van der Waals surface area contributed by atoms with Crippen LogP contribution in [-0.2, 0) is 27.3 Å². The van der Waals surface area contributed by atoms with Crippen molar-refractivity contribution in [2.24, 2.45) is 0 Å². The highest BCUT2D eigenvalue weighted by Crippen LogP contribution is 2.39. The van der Waals surface area contributed by atoms with Crippen molar-refractivity contribution in [2.45, 2.75) is 63.8 Å². The molecule has 36 heavy (non-hydrogen) atoms. The molecular weight excluding hydrogens is 458 g/mol. The topological polar surface area (TPSA) is 88.2 Å². The zero-order valence-electron chi connectivity index (χ0n) is 21.2. The minimum Gasteiger partial charge on any atom is -0.445 e. The highest BCUT2D eigenvalue weighted by Gasteiger charge is 2.47. The number of nitrogens with zero attached hydrogens (tertiary/aromatic N) is 2. The zero-order valence-corrected chi connectivity index (χ0v) is 21.2. The molecule has 1 unspecified atom stereocenters. The van der Waals surface area contributed by atoms with Crippen LogP contribution in [0.1, 0.15) is 44.7 Å². The van der Waals surface area contributed by atoms with Crippen LogP contribution in [0.5, 0.6) is 0 Å². The molecule has 2 aromatic carbocycles. The smallest absolute Gasteiger partial charge is 0.410 e. The van der Waals surface area contributed by atoms with E-state index >= 15 is 0 Å². The van der Waals surface area contributed by atoms with E-state index in [-0.39, 0.29) is 37.7 Å². The van der Waals surface area contributed by atoms with Gasteiger partial charge in [-0.3, -0.25) is 9.69 Å². The molecule has 0 aromatic heterocycles. The summed E-state index contributed by atoms with van der Waals surface area (Å²) in [6, 6.07) is 18.5. The number of carbonyl (C=O) groups is 3. The number of hydrogen-bond acceptors (Lipinski definition) is 5. The number of piperazine rings is 1. The molecule has 0 radical (unpaired) electrons. The first-order chi connectivity index (χ1) is 17.1.